The molecule has 9 rings (SSSR count). The number of aryl methyl sites for hydroxylation is 2. The highest BCUT2D eigenvalue weighted by atomic mass is 15.0. The van der Waals surface area contributed by atoms with E-state index >= 15 is 0 Å². The van der Waals surface area contributed by atoms with Gasteiger partial charge in [0, 0.05) is 39.0 Å². The zero-order valence-electron chi connectivity index (χ0n) is 29.6. The Hall–Kier alpha value is -6.39. The van der Waals surface area contributed by atoms with Gasteiger partial charge in [0.15, 0.2) is 17.5 Å². The van der Waals surface area contributed by atoms with Crippen molar-refractivity contribution in [2.75, 3.05) is 0 Å². The van der Waals surface area contributed by atoms with E-state index in [0.29, 0.717) is 23.4 Å². The summed E-state index contributed by atoms with van der Waals surface area (Å²) in [6, 6.07) is 53.8. The molecule has 0 saturated carbocycles. The zero-order valence-corrected chi connectivity index (χ0v) is 29.6. The molecule has 250 valence electrons. The fourth-order valence-electron chi connectivity index (χ4n) is 7.58. The van der Waals surface area contributed by atoms with E-state index in [4.69, 9.17) is 15.0 Å². The van der Waals surface area contributed by atoms with Crippen LogP contribution < -0.4 is 0 Å². The van der Waals surface area contributed by atoms with Gasteiger partial charge in [-0.25, -0.2) is 15.0 Å². The summed E-state index contributed by atoms with van der Waals surface area (Å²) in [5, 5.41) is 1.26. The normalized spacial score (nSPS) is 13.9. The number of fused-ring (bicyclic) bond motifs is 3. The maximum absolute atomic E-state index is 5.07. The third-order valence-corrected chi connectivity index (χ3v) is 10.3. The third kappa shape index (κ3) is 5.72. The number of para-hydroxylation sites is 1. The molecule has 1 atom stereocenters. The topological polar surface area (TPSA) is 43.6 Å². The van der Waals surface area contributed by atoms with Crippen LogP contribution in [-0.2, 0) is 6.42 Å². The van der Waals surface area contributed by atoms with Gasteiger partial charge in [-0.2, -0.15) is 0 Å². The second-order valence-corrected chi connectivity index (χ2v) is 13.9. The fourth-order valence-corrected chi connectivity index (χ4v) is 7.58. The molecular formula is C48H38N4. The summed E-state index contributed by atoms with van der Waals surface area (Å²) in [4.78, 5) is 15.1. The van der Waals surface area contributed by atoms with Crippen LogP contribution in [0.15, 0.2) is 152 Å². The molecule has 0 N–H and O–H groups in total. The van der Waals surface area contributed by atoms with E-state index in [0.717, 1.165) is 28.7 Å². The average Bonchev–Trinajstić information content (AvgIpc) is 3.52. The van der Waals surface area contributed by atoms with E-state index in [-0.39, 0.29) is 0 Å². The number of hydrogen-bond acceptors (Lipinski definition) is 3. The van der Waals surface area contributed by atoms with Crippen LogP contribution in [0.25, 0.3) is 73.5 Å². The molecule has 1 unspecified atom stereocenters. The van der Waals surface area contributed by atoms with Crippen LogP contribution in [0.1, 0.15) is 34.9 Å². The summed E-state index contributed by atoms with van der Waals surface area (Å²) in [6.45, 7) is 6.54. The molecule has 0 spiro atoms. The van der Waals surface area contributed by atoms with Gasteiger partial charge in [-0.05, 0) is 78.8 Å². The molecule has 2 heterocycles. The second kappa shape index (κ2) is 13.1. The predicted molar refractivity (Wildman–Crippen MR) is 215 cm³/mol. The van der Waals surface area contributed by atoms with E-state index in [9.17, 15) is 0 Å². The van der Waals surface area contributed by atoms with Gasteiger partial charge in [0.25, 0.3) is 0 Å². The Kier molecular flexibility index (Phi) is 7.93. The molecule has 0 radical (unpaired) electrons. The zero-order chi connectivity index (χ0) is 35.2. The smallest absolute Gasteiger partial charge is 0.164 e. The van der Waals surface area contributed by atoms with E-state index < -0.39 is 0 Å². The number of rotatable bonds is 6. The van der Waals surface area contributed by atoms with Gasteiger partial charge in [-0.3, -0.25) is 0 Å². The first kappa shape index (κ1) is 31.6. The molecule has 0 saturated heterocycles. The molecule has 1 aliphatic rings. The Labute approximate surface area is 304 Å². The standard InChI is InChI=1S/C48H38N4/c1-31-20-24-35(25-21-31)46-49-47(36-26-22-32(2)23-27-36)51-48(50-46)38-15-10-14-37(29-38)40-18-11-19-43-45(40)42-30-41(34-12-6-4-7-13-34)33(3)28-44(42)52(43)39-16-8-5-9-17-39/h4-27,29-30,33H,28H2,1-3H3. The number of benzene rings is 6. The van der Waals surface area contributed by atoms with Gasteiger partial charge in [-0.15, -0.1) is 0 Å². The summed E-state index contributed by atoms with van der Waals surface area (Å²) in [5.74, 6) is 2.35. The van der Waals surface area contributed by atoms with Gasteiger partial charge < -0.3 is 4.57 Å². The lowest BCUT2D eigenvalue weighted by atomic mass is 9.83. The number of allylic oxidation sites excluding steroid dienone is 1. The molecule has 1 aliphatic carbocycles. The van der Waals surface area contributed by atoms with Crippen LogP contribution in [0, 0.1) is 19.8 Å². The van der Waals surface area contributed by atoms with Gasteiger partial charge in [0.1, 0.15) is 0 Å². The van der Waals surface area contributed by atoms with Crippen molar-refractivity contribution >= 4 is 22.6 Å². The maximum atomic E-state index is 5.07. The van der Waals surface area contributed by atoms with Gasteiger partial charge in [-0.1, -0.05) is 145 Å². The van der Waals surface area contributed by atoms with Gasteiger partial charge >= 0.3 is 0 Å². The molecule has 4 heteroatoms. The molecule has 4 nitrogen and oxygen atoms in total. The predicted octanol–water partition coefficient (Wildman–Crippen LogP) is 11.8. The second-order valence-electron chi connectivity index (χ2n) is 13.9. The van der Waals surface area contributed by atoms with E-state index in [1.54, 1.807) is 0 Å². The van der Waals surface area contributed by atoms with Crippen molar-refractivity contribution in [3.05, 3.63) is 180 Å². The van der Waals surface area contributed by atoms with Crippen LogP contribution >= 0.6 is 0 Å². The van der Waals surface area contributed by atoms with Crippen LogP contribution in [0.3, 0.4) is 0 Å². The monoisotopic (exact) mass is 670 g/mol. The first-order chi connectivity index (χ1) is 25.5. The molecule has 2 aromatic heterocycles. The van der Waals surface area contributed by atoms with Gasteiger partial charge in [0.05, 0.1) is 5.52 Å². The summed E-state index contributed by atoms with van der Waals surface area (Å²) >= 11 is 0. The number of aromatic nitrogens is 4. The maximum Gasteiger partial charge on any atom is 0.164 e. The minimum absolute atomic E-state index is 0.378. The molecule has 0 bridgehead atoms. The summed E-state index contributed by atoms with van der Waals surface area (Å²) in [6.07, 6.45) is 3.40. The van der Waals surface area contributed by atoms with Crippen molar-refractivity contribution in [2.45, 2.75) is 27.2 Å². The number of hydrogen-bond donors (Lipinski definition) is 0. The summed E-state index contributed by atoms with van der Waals surface area (Å²) < 4.78 is 2.47. The fraction of sp³-hybridized carbons (Fsp3) is 0.104. The summed E-state index contributed by atoms with van der Waals surface area (Å²) in [5.41, 5.74) is 15.3. The third-order valence-electron chi connectivity index (χ3n) is 10.3. The molecule has 0 fully saturated rings. The van der Waals surface area contributed by atoms with Crippen molar-refractivity contribution < 1.29 is 0 Å². The highest BCUT2D eigenvalue weighted by molar-refractivity contribution is 6.07. The number of nitrogens with zero attached hydrogens (tertiary/aromatic N) is 4. The Bertz CT molecular complexity index is 2530. The lowest BCUT2D eigenvalue weighted by Gasteiger charge is -2.23. The molecule has 0 amide bonds. The van der Waals surface area contributed by atoms with E-state index in [1.807, 2.05) is 0 Å². The SMILES string of the molecule is Cc1ccc(-c2nc(-c3ccc(C)cc3)nc(-c3cccc(-c4cccc5c4c4c(n5-c5ccccc5)CC(C)C(c5ccccc5)=C4)c3)n2)cc1. The molecular weight excluding hydrogens is 633 g/mol. The van der Waals surface area contributed by atoms with E-state index in [2.05, 4.69) is 183 Å². The van der Waals surface area contributed by atoms with Crippen molar-refractivity contribution in [1.82, 2.24) is 19.5 Å². The Morgan fingerprint density at radius 2 is 1.06 bits per heavy atom. The molecule has 8 aromatic rings. The average molecular weight is 671 g/mol. The van der Waals surface area contributed by atoms with Crippen molar-refractivity contribution in [3.8, 4) is 51.0 Å². The molecule has 6 aromatic carbocycles. The Balaban J connectivity index is 1.24. The first-order valence-corrected chi connectivity index (χ1v) is 18.0. The van der Waals surface area contributed by atoms with Crippen LogP contribution in [-0.4, -0.2) is 19.5 Å². The van der Waals surface area contributed by atoms with Crippen molar-refractivity contribution in [1.29, 1.82) is 0 Å². The lowest BCUT2D eigenvalue weighted by Crippen LogP contribution is -2.12. The minimum atomic E-state index is 0.378. The summed E-state index contributed by atoms with van der Waals surface area (Å²) in [7, 11) is 0. The van der Waals surface area contributed by atoms with Crippen LogP contribution in [0.2, 0.25) is 0 Å². The van der Waals surface area contributed by atoms with Crippen molar-refractivity contribution in [2.24, 2.45) is 5.92 Å². The Morgan fingerprint density at radius 1 is 0.519 bits per heavy atom. The van der Waals surface area contributed by atoms with Crippen LogP contribution in [0.4, 0.5) is 0 Å². The van der Waals surface area contributed by atoms with Crippen molar-refractivity contribution in [3.63, 3.8) is 0 Å². The van der Waals surface area contributed by atoms with Crippen LogP contribution in [0.5, 0.6) is 0 Å². The minimum Gasteiger partial charge on any atom is -0.313 e. The highest BCUT2D eigenvalue weighted by Gasteiger charge is 2.27. The quantitative estimate of drug-likeness (QED) is 0.177. The first-order valence-electron chi connectivity index (χ1n) is 18.0. The largest absolute Gasteiger partial charge is 0.313 e. The van der Waals surface area contributed by atoms with Gasteiger partial charge in [0.2, 0.25) is 0 Å². The molecule has 0 aliphatic heterocycles. The molecule has 52 heavy (non-hydrogen) atoms. The highest BCUT2D eigenvalue weighted by Crippen LogP contribution is 2.44. The lowest BCUT2D eigenvalue weighted by molar-refractivity contribution is 0.708. The van der Waals surface area contributed by atoms with E-state index in [1.165, 1.54) is 55.7 Å². The Morgan fingerprint density at radius 3 is 1.69 bits per heavy atom.